The van der Waals surface area contributed by atoms with Gasteiger partial charge < -0.3 is 49.3 Å². The smallest absolute Gasteiger partial charge is 0.229 e. The lowest BCUT2D eigenvalue weighted by Gasteiger charge is -2.40. The maximum absolute atomic E-state index is 13.3. The molecular formula is C35H36N2O10. The van der Waals surface area contributed by atoms with E-state index in [-0.39, 0.29) is 54.3 Å². The third kappa shape index (κ3) is 6.46. The number of para-hydroxylation sites is 1. The highest BCUT2D eigenvalue weighted by atomic mass is 16.7. The molecule has 1 aliphatic heterocycles. The molecule has 3 aromatic carbocycles. The molecule has 246 valence electrons. The van der Waals surface area contributed by atoms with E-state index in [0.29, 0.717) is 22.3 Å². The summed E-state index contributed by atoms with van der Waals surface area (Å²) in [5.41, 5.74) is 2.81. The molecule has 5 unspecified atom stereocenters. The predicted molar refractivity (Wildman–Crippen MR) is 171 cm³/mol. The second-order valence-corrected chi connectivity index (χ2v) is 11.6. The van der Waals surface area contributed by atoms with Crippen LogP contribution >= 0.6 is 0 Å². The number of Topliss-reactive ketones (excluding diaryl/α,β-unsaturated/α-hetero) is 2. The number of aromatic nitrogens is 2. The second-order valence-electron chi connectivity index (χ2n) is 11.6. The van der Waals surface area contributed by atoms with Gasteiger partial charge in [0.25, 0.3) is 0 Å². The quantitative estimate of drug-likeness (QED) is 0.109. The van der Waals surface area contributed by atoms with Gasteiger partial charge in [0.15, 0.2) is 11.6 Å². The zero-order valence-corrected chi connectivity index (χ0v) is 25.8. The van der Waals surface area contributed by atoms with Crippen LogP contribution in [0.25, 0.3) is 21.7 Å². The Morgan fingerprint density at radius 3 is 2.51 bits per heavy atom. The van der Waals surface area contributed by atoms with E-state index in [1.165, 1.54) is 13.2 Å². The van der Waals surface area contributed by atoms with Crippen molar-refractivity contribution in [3.63, 3.8) is 0 Å². The number of ketones is 2. The number of carbonyl (C=O) groups excluding carboxylic acids is 2. The normalized spacial score (nSPS) is 21.3. The predicted octanol–water partition coefficient (Wildman–Crippen LogP) is 3.92. The number of aliphatic hydroxyl groups excluding tert-OH is 3. The first kappa shape index (κ1) is 32.2. The molecule has 12 nitrogen and oxygen atoms in total. The zero-order chi connectivity index (χ0) is 33.2. The van der Waals surface area contributed by atoms with Gasteiger partial charge in [-0.25, -0.2) is 0 Å². The average molecular weight is 645 g/mol. The van der Waals surface area contributed by atoms with E-state index >= 15 is 0 Å². The van der Waals surface area contributed by atoms with Crippen molar-refractivity contribution in [1.82, 2.24) is 9.97 Å². The van der Waals surface area contributed by atoms with Crippen LogP contribution in [0.3, 0.4) is 0 Å². The lowest BCUT2D eigenvalue weighted by atomic mass is 9.94. The van der Waals surface area contributed by atoms with Crippen LogP contribution in [0, 0.1) is 6.92 Å². The van der Waals surface area contributed by atoms with E-state index in [9.17, 15) is 30.0 Å². The second kappa shape index (κ2) is 13.6. The van der Waals surface area contributed by atoms with E-state index in [0.717, 1.165) is 16.5 Å². The van der Waals surface area contributed by atoms with Crippen LogP contribution in [-0.4, -0.2) is 86.4 Å². The monoisotopic (exact) mass is 644 g/mol. The third-order valence-corrected chi connectivity index (χ3v) is 8.49. The van der Waals surface area contributed by atoms with Crippen molar-refractivity contribution in [2.75, 3.05) is 13.7 Å². The minimum atomic E-state index is -1.68. The van der Waals surface area contributed by atoms with E-state index in [2.05, 4.69) is 9.97 Å². The van der Waals surface area contributed by atoms with Crippen LogP contribution in [0.1, 0.15) is 44.7 Å². The fourth-order valence-corrected chi connectivity index (χ4v) is 5.96. The van der Waals surface area contributed by atoms with Gasteiger partial charge >= 0.3 is 0 Å². The first-order valence-electron chi connectivity index (χ1n) is 15.2. The number of rotatable bonds is 12. The number of hydrogen-bond donors (Lipinski definition) is 6. The van der Waals surface area contributed by atoms with Crippen molar-refractivity contribution in [3.05, 3.63) is 89.4 Å². The van der Waals surface area contributed by atoms with Gasteiger partial charge in [0.1, 0.15) is 41.7 Å². The van der Waals surface area contributed by atoms with Gasteiger partial charge in [-0.3, -0.25) is 9.59 Å². The van der Waals surface area contributed by atoms with Crippen molar-refractivity contribution in [3.8, 4) is 17.2 Å². The Morgan fingerprint density at radius 2 is 1.74 bits per heavy atom. The van der Waals surface area contributed by atoms with E-state index < -0.39 is 36.5 Å². The number of phenols is 1. The molecule has 3 heterocycles. The largest absolute Gasteiger partial charge is 0.506 e. The summed E-state index contributed by atoms with van der Waals surface area (Å²) >= 11 is 0. The number of benzene rings is 3. The molecule has 6 N–H and O–H groups in total. The Balaban J connectivity index is 1.23. The van der Waals surface area contributed by atoms with E-state index in [1.807, 2.05) is 30.5 Å². The average Bonchev–Trinajstić information content (AvgIpc) is 3.75. The molecule has 6 rings (SSSR count). The fourth-order valence-electron chi connectivity index (χ4n) is 5.96. The van der Waals surface area contributed by atoms with Crippen LogP contribution in [0.5, 0.6) is 17.2 Å². The van der Waals surface area contributed by atoms with Gasteiger partial charge in [0.2, 0.25) is 6.29 Å². The first-order valence-corrected chi connectivity index (χ1v) is 15.2. The minimum absolute atomic E-state index is 0.000370. The van der Waals surface area contributed by atoms with Crippen molar-refractivity contribution >= 4 is 33.2 Å². The molecular weight excluding hydrogens is 608 g/mol. The van der Waals surface area contributed by atoms with Crippen LogP contribution in [0.2, 0.25) is 0 Å². The number of aromatic amines is 2. The number of aromatic hydroxyl groups is 1. The molecule has 0 radical (unpaired) electrons. The van der Waals surface area contributed by atoms with E-state index in [4.69, 9.17) is 18.9 Å². The first-order chi connectivity index (χ1) is 22.7. The Morgan fingerprint density at radius 1 is 0.957 bits per heavy atom. The molecule has 5 atom stereocenters. The SMILES string of the molecule is COc1cc(OC2OC(COCc3c[nH]c4ccccc34)C(O)C(O)C2O)c2c(O)c(C(=O)CCC(=O)c3cc[nH]c3)c(C)cc2c1. The van der Waals surface area contributed by atoms with Crippen LogP contribution in [0.4, 0.5) is 0 Å². The highest BCUT2D eigenvalue weighted by Gasteiger charge is 2.45. The highest BCUT2D eigenvalue weighted by Crippen LogP contribution is 2.42. The van der Waals surface area contributed by atoms with E-state index in [1.54, 1.807) is 37.5 Å². The van der Waals surface area contributed by atoms with Crippen molar-refractivity contribution in [2.24, 2.45) is 0 Å². The van der Waals surface area contributed by atoms with Gasteiger partial charge in [-0.1, -0.05) is 24.3 Å². The summed E-state index contributed by atoms with van der Waals surface area (Å²) in [5.74, 6) is -0.670. The third-order valence-electron chi connectivity index (χ3n) is 8.49. The molecule has 0 saturated carbocycles. The summed E-state index contributed by atoms with van der Waals surface area (Å²) in [6.07, 6.45) is -2.55. The Kier molecular flexibility index (Phi) is 9.30. The molecule has 0 bridgehead atoms. The molecule has 1 aliphatic rings. The molecule has 5 aromatic rings. The standard InChI is InChI=1S/C35H36N2O10/c1-18-11-20-12-22(44-2)13-27(30(20)32(41)29(18)26(39)8-7-25(38)19-9-10-36-14-19)46-35-34(43)33(42)31(40)28(47-35)17-45-16-21-15-37-24-6-4-3-5-23(21)24/h3-6,9-15,28,31,33-37,40-43H,7-8,16-17H2,1-2H3. The molecule has 0 amide bonds. The molecule has 47 heavy (non-hydrogen) atoms. The van der Waals surface area contributed by atoms with Gasteiger partial charge in [0.05, 0.1) is 31.3 Å². The number of nitrogens with one attached hydrogen (secondary N) is 2. The van der Waals surface area contributed by atoms with Gasteiger partial charge in [-0.05, 0) is 36.1 Å². The minimum Gasteiger partial charge on any atom is -0.506 e. The summed E-state index contributed by atoms with van der Waals surface area (Å²) in [4.78, 5) is 31.8. The number of aliphatic hydroxyl groups is 3. The van der Waals surface area contributed by atoms with Crippen LogP contribution in [0.15, 0.2) is 67.1 Å². The topological polar surface area (TPSA) is 184 Å². The highest BCUT2D eigenvalue weighted by molar-refractivity contribution is 6.09. The number of H-pyrrole nitrogens is 2. The summed E-state index contributed by atoms with van der Waals surface area (Å²) in [7, 11) is 1.45. The van der Waals surface area contributed by atoms with Gasteiger partial charge in [0, 0.05) is 59.5 Å². The van der Waals surface area contributed by atoms with Crippen LogP contribution in [-0.2, 0) is 16.1 Å². The van der Waals surface area contributed by atoms with Crippen molar-refractivity contribution in [2.45, 2.75) is 57.1 Å². The number of ether oxygens (including phenoxy) is 4. The number of phenolic OH excluding ortho intramolecular Hbond substituents is 1. The van der Waals surface area contributed by atoms with Crippen LogP contribution < -0.4 is 9.47 Å². The number of methoxy groups -OCH3 is 1. The lowest BCUT2D eigenvalue weighted by Crippen LogP contribution is -2.60. The fraction of sp³-hybridized carbons (Fsp3) is 0.314. The Labute approximate surface area is 269 Å². The number of fused-ring (bicyclic) bond motifs is 2. The van der Waals surface area contributed by atoms with Crippen molar-refractivity contribution < 1.29 is 49.0 Å². The summed E-state index contributed by atoms with van der Waals surface area (Å²) in [5, 5.41) is 45.3. The Hall–Kier alpha value is -4.72. The maximum atomic E-state index is 13.3. The summed E-state index contributed by atoms with van der Waals surface area (Å²) < 4.78 is 23.3. The van der Waals surface area contributed by atoms with Gasteiger partial charge in [-0.2, -0.15) is 0 Å². The molecule has 0 aliphatic carbocycles. The number of hydrogen-bond acceptors (Lipinski definition) is 10. The van der Waals surface area contributed by atoms with Gasteiger partial charge in [-0.15, -0.1) is 0 Å². The maximum Gasteiger partial charge on any atom is 0.229 e. The summed E-state index contributed by atoms with van der Waals surface area (Å²) in [6.45, 7) is 1.74. The molecule has 2 aromatic heterocycles. The number of carbonyl (C=O) groups is 2. The molecule has 1 saturated heterocycles. The molecule has 1 fully saturated rings. The molecule has 12 heteroatoms. The molecule has 0 spiro atoms. The zero-order valence-electron chi connectivity index (χ0n) is 25.8. The Bertz CT molecular complexity index is 1900. The summed E-state index contributed by atoms with van der Waals surface area (Å²) in [6, 6.07) is 14.1. The number of aryl methyl sites for hydroxylation is 1. The lowest BCUT2D eigenvalue weighted by molar-refractivity contribution is -0.280. The van der Waals surface area contributed by atoms with Crippen molar-refractivity contribution in [1.29, 1.82) is 0 Å².